The average molecular weight is 432 g/mol. The van der Waals surface area contributed by atoms with Crippen LogP contribution in [0, 0.1) is 5.41 Å². The van der Waals surface area contributed by atoms with Crippen LogP contribution in [0.15, 0.2) is 17.7 Å². The fourth-order valence-electron chi connectivity index (χ4n) is 4.13. The lowest BCUT2D eigenvalue weighted by Gasteiger charge is -2.26. The zero-order chi connectivity index (χ0) is 23.2. The first-order chi connectivity index (χ1) is 14.5. The molecule has 1 aliphatic rings. The van der Waals surface area contributed by atoms with Crippen molar-refractivity contribution in [2.45, 2.75) is 92.0 Å². The summed E-state index contributed by atoms with van der Waals surface area (Å²) in [7, 11) is 1.69. The van der Waals surface area contributed by atoms with Crippen LogP contribution in [-0.2, 0) is 17.7 Å². The highest BCUT2D eigenvalue weighted by atomic mass is 16.6. The number of ether oxygens (including phenoxy) is 1. The monoisotopic (exact) mass is 431 g/mol. The van der Waals surface area contributed by atoms with Crippen LogP contribution < -0.4 is 0 Å². The normalized spacial score (nSPS) is 16.7. The van der Waals surface area contributed by atoms with E-state index >= 15 is 0 Å². The Bertz CT molecular complexity index is 792. The van der Waals surface area contributed by atoms with Gasteiger partial charge in [0.15, 0.2) is 0 Å². The first kappa shape index (κ1) is 25.1. The van der Waals surface area contributed by atoms with Crippen molar-refractivity contribution in [3.8, 4) is 11.5 Å². The summed E-state index contributed by atoms with van der Waals surface area (Å²) in [5.74, 6) is 0.273. The summed E-state index contributed by atoms with van der Waals surface area (Å²) in [5.41, 5.74) is 3.38. The van der Waals surface area contributed by atoms with Gasteiger partial charge in [0, 0.05) is 24.1 Å². The number of hydrogen-bond donors (Lipinski definition) is 2. The Kier molecular flexibility index (Phi) is 8.84. The first-order valence-electron chi connectivity index (χ1n) is 11.6. The maximum Gasteiger partial charge on any atom is 0.409 e. The van der Waals surface area contributed by atoms with Crippen LogP contribution in [0.25, 0.3) is 0 Å². The van der Waals surface area contributed by atoms with Gasteiger partial charge in [-0.05, 0) is 56.1 Å². The fraction of sp³-hybridized carbons (Fsp3) is 0.654. The van der Waals surface area contributed by atoms with Gasteiger partial charge >= 0.3 is 6.09 Å². The van der Waals surface area contributed by atoms with E-state index in [1.54, 1.807) is 13.1 Å². The summed E-state index contributed by atoms with van der Waals surface area (Å²) in [6, 6.07) is 1.80. The number of phenolic OH excluding ortho intramolecular Hbond substituents is 2. The van der Waals surface area contributed by atoms with Gasteiger partial charge < -0.3 is 19.8 Å². The fourth-order valence-corrected chi connectivity index (χ4v) is 4.13. The zero-order valence-electron chi connectivity index (χ0n) is 20.3. The molecule has 0 fully saturated rings. The Labute approximate surface area is 188 Å². The van der Waals surface area contributed by atoms with Crippen LogP contribution in [0.5, 0.6) is 11.5 Å². The molecule has 0 saturated carbocycles. The second-order valence-electron chi connectivity index (χ2n) is 10.2. The van der Waals surface area contributed by atoms with E-state index in [2.05, 4.69) is 19.9 Å². The van der Waals surface area contributed by atoms with Gasteiger partial charge in [0.2, 0.25) is 0 Å². The standard InChI is InChI=1S/C26H41NO4/c1-7-8-9-12-19-15-22(28)23(20-13-10-11-18(2)14-20)24(29)21(19)16-27(6)25(30)31-17-26(3,4)5/h14-15,20,28-29H,7-13,16-17H2,1-6H3. The quantitative estimate of drug-likeness (QED) is 0.357. The molecule has 0 bridgehead atoms. The Morgan fingerprint density at radius 1 is 1.26 bits per heavy atom. The van der Waals surface area contributed by atoms with Crippen LogP contribution in [0.2, 0.25) is 0 Å². The van der Waals surface area contributed by atoms with Crippen molar-refractivity contribution >= 4 is 6.09 Å². The molecule has 2 rings (SSSR count). The van der Waals surface area contributed by atoms with E-state index in [0.717, 1.165) is 56.1 Å². The van der Waals surface area contributed by atoms with Gasteiger partial charge in [-0.15, -0.1) is 0 Å². The van der Waals surface area contributed by atoms with Crippen molar-refractivity contribution in [3.63, 3.8) is 0 Å². The molecule has 0 aliphatic heterocycles. The maximum atomic E-state index is 12.5. The van der Waals surface area contributed by atoms with Crippen molar-refractivity contribution in [1.29, 1.82) is 0 Å². The molecular weight excluding hydrogens is 390 g/mol. The minimum Gasteiger partial charge on any atom is -0.507 e. The van der Waals surface area contributed by atoms with Crippen molar-refractivity contribution in [1.82, 2.24) is 4.90 Å². The predicted molar refractivity (Wildman–Crippen MR) is 126 cm³/mol. The number of rotatable bonds is 8. The Hall–Kier alpha value is -2.17. The average Bonchev–Trinajstić information content (AvgIpc) is 2.68. The van der Waals surface area contributed by atoms with Gasteiger partial charge in [0.25, 0.3) is 0 Å². The molecule has 31 heavy (non-hydrogen) atoms. The molecule has 5 heteroatoms. The molecule has 2 N–H and O–H groups in total. The van der Waals surface area contributed by atoms with Crippen LogP contribution in [0.3, 0.4) is 0 Å². The number of aromatic hydroxyl groups is 2. The van der Waals surface area contributed by atoms with Crippen LogP contribution in [0.4, 0.5) is 4.79 Å². The van der Waals surface area contributed by atoms with Crippen molar-refractivity contribution in [2.24, 2.45) is 5.41 Å². The van der Waals surface area contributed by atoms with Gasteiger partial charge in [-0.3, -0.25) is 0 Å². The van der Waals surface area contributed by atoms with E-state index < -0.39 is 6.09 Å². The lowest BCUT2D eigenvalue weighted by atomic mass is 9.83. The van der Waals surface area contributed by atoms with Gasteiger partial charge in [-0.1, -0.05) is 52.2 Å². The summed E-state index contributed by atoms with van der Waals surface area (Å²) >= 11 is 0. The van der Waals surface area contributed by atoms with Gasteiger partial charge in [-0.25, -0.2) is 4.79 Å². The molecular formula is C26H41NO4. The number of carbonyl (C=O) groups is 1. The lowest BCUT2D eigenvalue weighted by Crippen LogP contribution is -2.30. The molecule has 1 unspecified atom stereocenters. The second-order valence-corrected chi connectivity index (χ2v) is 10.2. The first-order valence-corrected chi connectivity index (χ1v) is 11.6. The third kappa shape index (κ3) is 7.19. The Balaban J connectivity index is 2.35. The number of nitrogens with zero attached hydrogens (tertiary/aromatic N) is 1. The van der Waals surface area contributed by atoms with Crippen molar-refractivity contribution in [2.75, 3.05) is 13.7 Å². The topological polar surface area (TPSA) is 70.0 Å². The molecule has 1 amide bonds. The third-order valence-corrected chi connectivity index (χ3v) is 5.84. The predicted octanol–water partition coefficient (Wildman–Crippen LogP) is 6.66. The molecule has 0 aromatic heterocycles. The highest BCUT2D eigenvalue weighted by Crippen LogP contribution is 2.44. The Morgan fingerprint density at radius 2 is 1.97 bits per heavy atom. The van der Waals surface area contributed by atoms with Gasteiger partial charge in [-0.2, -0.15) is 0 Å². The number of phenols is 2. The molecule has 0 radical (unpaired) electrons. The molecule has 1 atom stereocenters. The van der Waals surface area contributed by atoms with Crippen molar-refractivity contribution in [3.05, 3.63) is 34.4 Å². The highest BCUT2D eigenvalue weighted by molar-refractivity contribution is 5.68. The van der Waals surface area contributed by atoms with E-state index in [4.69, 9.17) is 4.74 Å². The van der Waals surface area contributed by atoms with Gasteiger partial charge in [0.05, 0.1) is 13.2 Å². The summed E-state index contributed by atoms with van der Waals surface area (Å²) in [5, 5.41) is 22.1. The third-order valence-electron chi connectivity index (χ3n) is 5.84. The van der Waals surface area contributed by atoms with Crippen LogP contribution >= 0.6 is 0 Å². The number of carbonyl (C=O) groups excluding carboxylic acids is 1. The Morgan fingerprint density at radius 3 is 2.58 bits per heavy atom. The molecule has 0 spiro atoms. The molecule has 1 aromatic carbocycles. The maximum absolute atomic E-state index is 12.5. The van der Waals surface area contributed by atoms with Crippen LogP contribution in [-0.4, -0.2) is 34.9 Å². The number of benzene rings is 1. The summed E-state index contributed by atoms with van der Waals surface area (Å²) in [4.78, 5) is 14.0. The molecule has 0 saturated heterocycles. The van der Waals surface area contributed by atoms with E-state index in [1.165, 1.54) is 10.5 Å². The van der Waals surface area contributed by atoms with Gasteiger partial charge in [0.1, 0.15) is 11.5 Å². The zero-order valence-corrected chi connectivity index (χ0v) is 20.3. The second kappa shape index (κ2) is 10.9. The minimum absolute atomic E-state index is 0.00431. The summed E-state index contributed by atoms with van der Waals surface area (Å²) in [6.45, 7) is 10.9. The SMILES string of the molecule is CCCCCc1cc(O)c(C2C=C(C)CCC2)c(O)c1CN(C)C(=O)OCC(C)(C)C. The highest BCUT2D eigenvalue weighted by Gasteiger charge is 2.26. The van der Waals surface area contributed by atoms with E-state index in [1.807, 2.05) is 20.8 Å². The molecule has 1 aliphatic carbocycles. The molecule has 174 valence electrons. The summed E-state index contributed by atoms with van der Waals surface area (Å²) in [6.07, 6.45) is 8.65. The molecule has 5 nitrogen and oxygen atoms in total. The van der Waals surface area contributed by atoms with E-state index in [-0.39, 0.29) is 29.4 Å². The molecule has 0 heterocycles. The van der Waals surface area contributed by atoms with Crippen LogP contribution in [0.1, 0.15) is 95.8 Å². The number of unbranched alkanes of at least 4 members (excludes halogenated alkanes) is 2. The smallest absolute Gasteiger partial charge is 0.409 e. The summed E-state index contributed by atoms with van der Waals surface area (Å²) < 4.78 is 5.45. The van der Waals surface area contributed by atoms with Crippen molar-refractivity contribution < 1.29 is 19.7 Å². The number of hydrogen-bond acceptors (Lipinski definition) is 4. The minimum atomic E-state index is -0.406. The number of aryl methyl sites for hydroxylation is 1. The number of amides is 1. The number of allylic oxidation sites excluding steroid dienone is 2. The van der Waals surface area contributed by atoms with E-state index in [0.29, 0.717) is 12.2 Å². The largest absolute Gasteiger partial charge is 0.507 e. The molecule has 1 aromatic rings. The van der Waals surface area contributed by atoms with E-state index in [9.17, 15) is 15.0 Å². The lowest BCUT2D eigenvalue weighted by molar-refractivity contribution is 0.0769.